The van der Waals surface area contributed by atoms with Crippen LogP contribution >= 0.6 is 0 Å². The van der Waals surface area contributed by atoms with E-state index in [2.05, 4.69) is 52.9 Å². The van der Waals surface area contributed by atoms with Crippen LogP contribution in [0, 0.1) is 5.92 Å². The molecule has 0 aromatic heterocycles. The van der Waals surface area contributed by atoms with Crippen molar-refractivity contribution in [3.8, 4) is 0 Å². The number of hydrogen-bond acceptors (Lipinski definition) is 5. The summed E-state index contributed by atoms with van der Waals surface area (Å²) in [6.07, 6.45) is 8.48. The number of ketones is 1. The molecule has 1 rings (SSSR count). The zero-order valence-corrected chi connectivity index (χ0v) is 24.5. The van der Waals surface area contributed by atoms with Crippen molar-refractivity contribution in [3.63, 3.8) is 0 Å². The predicted molar refractivity (Wildman–Crippen MR) is 142 cm³/mol. The second-order valence-electron chi connectivity index (χ2n) is 11.9. The molecule has 3 atom stereocenters. The molecule has 0 aromatic carbocycles. The van der Waals surface area contributed by atoms with Crippen LogP contribution in [-0.4, -0.2) is 45.0 Å². The van der Waals surface area contributed by atoms with E-state index >= 15 is 0 Å². The fourth-order valence-electron chi connectivity index (χ4n) is 3.81. The van der Waals surface area contributed by atoms with E-state index in [1.54, 1.807) is 0 Å². The van der Waals surface area contributed by atoms with Gasteiger partial charge in [0.15, 0.2) is 14.1 Å². The molecule has 0 N–H and O–H groups in total. The van der Waals surface area contributed by atoms with Crippen LogP contribution in [0.2, 0.25) is 18.1 Å². The van der Waals surface area contributed by atoms with Crippen molar-refractivity contribution < 1.29 is 23.5 Å². The summed E-state index contributed by atoms with van der Waals surface area (Å²) >= 11 is 0. The molecule has 34 heavy (non-hydrogen) atoms. The summed E-state index contributed by atoms with van der Waals surface area (Å²) in [5.74, 6) is 0.145. The van der Waals surface area contributed by atoms with Gasteiger partial charge in [-0.05, 0) is 76.1 Å². The van der Waals surface area contributed by atoms with Gasteiger partial charge in [-0.25, -0.2) is 0 Å². The first-order valence-corrected chi connectivity index (χ1v) is 15.8. The minimum atomic E-state index is -1.79. The maximum atomic E-state index is 12.9. The molecule has 2 unspecified atom stereocenters. The Morgan fingerprint density at radius 3 is 2.41 bits per heavy atom. The number of hydrogen-bond donors (Lipinski definition) is 0. The number of rotatable bonds is 11. The first kappa shape index (κ1) is 30.8. The Morgan fingerprint density at radius 2 is 1.85 bits per heavy atom. The van der Waals surface area contributed by atoms with Gasteiger partial charge in [0, 0.05) is 19.8 Å². The zero-order chi connectivity index (χ0) is 26.2. The number of esters is 1. The molecule has 5 nitrogen and oxygen atoms in total. The van der Waals surface area contributed by atoms with Crippen LogP contribution in [0.1, 0.15) is 93.9 Å². The molecule has 0 aliphatic carbocycles. The Bertz CT molecular complexity index is 742. The summed E-state index contributed by atoms with van der Waals surface area (Å²) in [5.41, 5.74) is 1.61. The van der Waals surface area contributed by atoms with Gasteiger partial charge in [0.05, 0.1) is 13.2 Å². The third-order valence-corrected chi connectivity index (χ3v) is 12.0. The fourth-order valence-corrected chi connectivity index (χ4v) is 4.74. The van der Waals surface area contributed by atoms with Crippen molar-refractivity contribution in [2.75, 3.05) is 13.2 Å². The highest BCUT2D eigenvalue weighted by Gasteiger charge is 2.38. The summed E-state index contributed by atoms with van der Waals surface area (Å²) in [7, 11) is -1.79. The first-order chi connectivity index (χ1) is 15.6. The van der Waals surface area contributed by atoms with Crippen molar-refractivity contribution in [3.05, 3.63) is 23.3 Å². The van der Waals surface area contributed by atoms with Gasteiger partial charge in [-0.3, -0.25) is 9.59 Å². The average Bonchev–Trinajstić information content (AvgIpc) is 2.83. The Labute approximate surface area is 209 Å². The van der Waals surface area contributed by atoms with Gasteiger partial charge in [0.25, 0.3) is 0 Å². The van der Waals surface area contributed by atoms with Gasteiger partial charge in [-0.1, -0.05) is 45.4 Å². The van der Waals surface area contributed by atoms with Crippen LogP contribution in [0.3, 0.4) is 0 Å². The van der Waals surface area contributed by atoms with Crippen molar-refractivity contribution >= 4 is 20.1 Å². The standard InChI is InChI=1S/C28H50O5Si/c1-21(2)13-15-25(33-23(4)29)22(3)12-11-18-28(8)26(30)16-14-24(20-31-28)17-19-32-34(9,10)27(5,6)7/h13,17,22,25H,11-12,14-16,18-20H2,1-10H3/t22?,25?,28-/m0/s1. The van der Waals surface area contributed by atoms with Crippen molar-refractivity contribution in [2.45, 2.75) is 124 Å². The Hall–Kier alpha value is -1.24. The van der Waals surface area contributed by atoms with Crippen LogP contribution < -0.4 is 0 Å². The maximum Gasteiger partial charge on any atom is 0.302 e. The Balaban J connectivity index is 2.65. The van der Waals surface area contributed by atoms with Gasteiger partial charge in [-0.2, -0.15) is 0 Å². The van der Waals surface area contributed by atoms with Crippen LogP contribution in [0.4, 0.5) is 0 Å². The summed E-state index contributed by atoms with van der Waals surface area (Å²) in [6.45, 7) is 21.9. The number of carbonyl (C=O) groups excluding carboxylic acids is 2. The van der Waals surface area contributed by atoms with Crippen molar-refractivity contribution in [1.82, 2.24) is 0 Å². The molecule has 1 heterocycles. The highest BCUT2D eigenvalue weighted by molar-refractivity contribution is 6.74. The topological polar surface area (TPSA) is 61.8 Å². The highest BCUT2D eigenvalue weighted by Crippen LogP contribution is 2.36. The second-order valence-corrected chi connectivity index (χ2v) is 16.7. The molecule has 0 aromatic rings. The number of allylic oxidation sites excluding steroid dienone is 1. The Kier molecular flexibility index (Phi) is 11.9. The van der Waals surface area contributed by atoms with E-state index in [1.807, 2.05) is 20.8 Å². The lowest BCUT2D eigenvalue weighted by Gasteiger charge is -2.35. The molecule has 1 aliphatic rings. The molecule has 0 bridgehead atoms. The molecular weight excluding hydrogens is 444 g/mol. The predicted octanol–water partition coefficient (Wildman–Crippen LogP) is 7.17. The first-order valence-electron chi connectivity index (χ1n) is 12.9. The molecule has 1 aliphatic heterocycles. The SMILES string of the molecule is CC(=O)OC(CC=C(C)C)C(C)CCC[C@]1(C)OCC(=CCO[Si](C)(C)C(C)(C)C)CCC1=O. The van der Waals surface area contributed by atoms with Gasteiger partial charge in [0.1, 0.15) is 11.7 Å². The highest BCUT2D eigenvalue weighted by atomic mass is 28.4. The van der Waals surface area contributed by atoms with Gasteiger partial charge in [-0.15, -0.1) is 0 Å². The van der Waals surface area contributed by atoms with Crippen molar-refractivity contribution in [1.29, 1.82) is 0 Å². The van der Waals surface area contributed by atoms with Gasteiger partial charge >= 0.3 is 5.97 Å². The lowest BCUT2D eigenvalue weighted by molar-refractivity contribution is -0.148. The van der Waals surface area contributed by atoms with Crippen molar-refractivity contribution in [2.24, 2.45) is 5.92 Å². The zero-order valence-electron chi connectivity index (χ0n) is 23.5. The molecule has 0 radical (unpaired) electrons. The third-order valence-electron chi connectivity index (χ3n) is 7.49. The number of carbonyl (C=O) groups is 2. The number of ether oxygens (including phenoxy) is 2. The van der Waals surface area contributed by atoms with Gasteiger partial charge in [0.2, 0.25) is 0 Å². The molecule has 6 heteroatoms. The largest absolute Gasteiger partial charge is 0.462 e. The van der Waals surface area contributed by atoms with Crippen LogP contribution in [0.5, 0.6) is 0 Å². The van der Waals surface area contributed by atoms with E-state index in [9.17, 15) is 9.59 Å². The monoisotopic (exact) mass is 494 g/mol. The maximum absolute atomic E-state index is 12.9. The van der Waals surface area contributed by atoms with E-state index in [-0.39, 0.29) is 28.8 Å². The minimum Gasteiger partial charge on any atom is -0.462 e. The quantitative estimate of drug-likeness (QED) is 0.173. The van der Waals surface area contributed by atoms with Crippen LogP contribution in [0.15, 0.2) is 23.3 Å². The Morgan fingerprint density at radius 1 is 1.21 bits per heavy atom. The smallest absolute Gasteiger partial charge is 0.302 e. The fraction of sp³-hybridized carbons (Fsp3) is 0.786. The molecule has 0 spiro atoms. The molecular formula is C28H50O5Si. The molecule has 0 amide bonds. The van der Waals surface area contributed by atoms with E-state index < -0.39 is 13.9 Å². The average molecular weight is 495 g/mol. The third kappa shape index (κ3) is 10.2. The molecule has 196 valence electrons. The lowest BCUT2D eigenvalue weighted by Crippen LogP contribution is -2.40. The minimum absolute atomic E-state index is 0.138. The van der Waals surface area contributed by atoms with E-state index in [0.717, 1.165) is 31.3 Å². The van der Waals surface area contributed by atoms with E-state index in [1.165, 1.54) is 12.5 Å². The molecule has 1 fully saturated rings. The summed E-state index contributed by atoms with van der Waals surface area (Å²) in [6, 6.07) is 0. The number of Topliss-reactive ketones (excluding diaryl/α,β-unsaturated/α-hetero) is 1. The summed E-state index contributed by atoms with van der Waals surface area (Å²) in [4.78, 5) is 24.5. The second kappa shape index (κ2) is 13.2. The van der Waals surface area contributed by atoms with Gasteiger partial charge < -0.3 is 13.9 Å². The van der Waals surface area contributed by atoms with E-state index in [4.69, 9.17) is 13.9 Å². The lowest BCUT2D eigenvalue weighted by atomic mass is 9.88. The van der Waals surface area contributed by atoms with Crippen LogP contribution in [0.25, 0.3) is 0 Å². The van der Waals surface area contributed by atoms with Crippen LogP contribution in [-0.2, 0) is 23.5 Å². The molecule has 0 saturated carbocycles. The summed E-state index contributed by atoms with van der Waals surface area (Å²) < 4.78 is 18.0. The molecule has 1 saturated heterocycles. The normalized spacial score (nSPS) is 22.8. The summed E-state index contributed by atoms with van der Waals surface area (Å²) in [5, 5.41) is 0.178. The van der Waals surface area contributed by atoms with E-state index in [0.29, 0.717) is 26.1 Å².